The van der Waals surface area contributed by atoms with Crippen LogP contribution in [-0.2, 0) is 4.84 Å². The number of hydroxylamine groups is 1. The first-order valence-corrected chi connectivity index (χ1v) is 2.64. The second-order valence-corrected chi connectivity index (χ2v) is 1.22. The summed E-state index contributed by atoms with van der Waals surface area (Å²) in [7, 11) is 1.73. The van der Waals surface area contributed by atoms with Crippen molar-refractivity contribution in [2.24, 2.45) is 4.99 Å². The van der Waals surface area contributed by atoms with E-state index < -0.39 is 0 Å². The Balaban J connectivity index is 2.72. The Bertz CT molecular complexity index is 63.4. The Hall–Kier alpha value is -0.410. The van der Waals surface area contributed by atoms with Crippen molar-refractivity contribution in [1.29, 1.82) is 0 Å². The maximum absolute atomic E-state index is 4.77. The highest BCUT2D eigenvalue weighted by molar-refractivity contribution is 5.53. The summed E-state index contributed by atoms with van der Waals surface area (Å²) >= 11 is 0. The van der Waals surface area contributed by atoms with Crippen LogP contribution in [0.3, 0.4) is 0 Å². The topological polar surface area (TPSA) is 33.6 Å². The Morgan fingerprint density at radius 2 is 2.50 bits per heavy atom. The average molecular weight is 116 g/mol. The van der Waals surface area contributed by atoms with Gasteiger partial charge in [0.2, 0.25) is 0 Å². The number of aliphatic imine (C=N–C) groups is 1. The summed E-state index contributed by atoms with van der Waals surface area (Å²) in [5.41, 5.74) is 2.55. The van der Waals surface area contributed by atoms with Crippen LogP contribution >= 0.6 is 0 Å². The van der Waals surface area contributed by atoms with Crippen LogP contribution in [0.15, 0.2) is 4.99 Å². The summed E-state index contributed by atoms with van der Waals surface area (Å²) < 4.78 is 0. The lowest BCUT2D eigenvalue weighted by molar-refractivity contribution is 0.0644. The smallest absolute Gasteiger partial charge is 0.0877 e. The molecule has 0 fully saturated rings. The third-order valence-corrected chi connectivity index (χ3v) is 0.649. The predicted octanol–water partition coefficient (Wildman–Crippen LogP) is 0.228. The zero-order chi connectivity index (χ0) is 6.24. The van der Waals surface area contributed by atoms with Gasteiger partial charge in [-0.3, -0.25) is 4.99 Å². The average Bonchev–Trinajstić information content (AvgIpc) is 1.81. The first-order valence-electron chi connectivity index (χ1n) is 2.64. The largest absolute Gasteiger partial charge is 0.300 e. The molecule has 0 amide bonds. The van der Waals surface area contributed by atoms with Gasteiger partial charge in [-0.25, -0.2) is 5.48 Å². The maximum Gasteiger partial charge on any atom is 0.0877 e. The van der Waals surface area contributed by atoms with E-state index in [4.69, 9.17) is 4.84 Å². The van der Waals surface area contributed by atoms with Gasteiger partial charge in [-0.1, -0.05) is 0 Å². The molecule has 1 N–H and O–H groups in total. The van der Waals surface area contributed by atoms with E-state index in [1.807, 2.05) is 6.92 Å². The predicted molar refractivity (Wildman–Crippen MR) is 34.0 cm³/mol. The molecule has 0 aromatic carbocycles. The molecule has 0 spiro atoms. The van der Waals surface area contributed by atoms with Gasteiger partial charge in [-0.15, -0.1) is 0 Å². The van der Waals surface area contributed by atoms with Gasteiger partial charge in [-0.2, -0.15) is 0 Å². The molecule has 0 aliphatic heterocycles. The highest BCUT2D eigenvalue weighted by Crippen LogP contribution is 1.67. The van der Waals surface area contributed by atoms with Crippen molar-refractivity contribution in [2.45, 2.75) is 6.92 Å². The van der Waals surface area contributed by atoms with Crippen molar-refractivity contribution < 1.29 is 4.84 Å². The van der Waals surface area contributed by atoms with E-state index in [-0.39, 0.29) is 0 Å². The summed E-state index contributed by atoms with van der Waals surface area (Å²) in [5, 5.41) is 0. The summed E-state index contributed by atoms with van der Waals surface area (Å²) in [4.78, 5) is 8.69. The Morgan fingerprint density at radius 3 is 3.00 bits per heavy atom. The van der Waals surface area contributed by atoms with E-state index in [2.05, 4.69) is 10.5 Å². The van der Waals surface area contributed by atoms with E-state index in [1.54, 1.807) is 13.3 Å². The highest BCUT2D eigenvalue weighted by atomic mass is 16.6. The van der Waals surface area contributed by atoms with Crippen LogP contribution in [0.4, 0.5) is 0 Å². The number of nitrogens with zero attached hydrogens (tertiary/aromatic N) is 1. The normalized spacial score (nSPS) is 10.8. The van der Waals surface area contributed by atoms with Gasteiger partial charge in [0.1, 0.15) is 0 Å². The van der Waals surface area contributed by atoms with Crippen molar-refractivity contribution in [1.82, 2.24) is 5.48 Å². The van der Waals surface area contributed by atoms with Crippen LogP contribution < -0.4 is 5.48 Å². The molecule has 0 rings (SSSR count). The summed E-state index contributed by atoms with van der Waals surface area (Å²) in [6.07, 6.45) is 1.76. The third-order valence-electron chi connectivity index (χ3n) is 0.649. The van der Waals surface area contributed by atoms with Gasteiger partial charge in [0.05, 0.1) is 13.2 Å². The molecule has 0 radical (unpaired) electrons. The second-order valence-electron chi connectivity index (χ2n) is 1.22. The zero-order valence-electron chi connectivity index (χ0n) is 5.35. The summed E-state index contributed by atoms with van der Waals surface area (Å²) in [6.45, 7) is 3.26. The molecular formula is C5H12N2O. The first-order chi connectivity index (χ1) is 3.91. The van der Waals surface area contributed by atoms with Crippen LogP contribution in [0.1, 0.15) is 6.92 Å². The first kappa shape index (κ1) is 7.59. The van der Waals surface area contributed by atoms with Crippen molar-refractivity contribution >= 4 is 6.21 Å². The fourth-order valence-electron chi connectivity index (χ4n) is 0.330. The van der Waals surface area contributed by atoms with E-state index >= 15 is 0 Å². The van der Waals surface area contributed by atoms with Gasteiger partial charge in [0.15, 0.2) is 0 Å². The monoisotopic (exact) mass is 116 g/mol. The summed E-state index contributed by atoms with van der Waals surface area (Å²) in [5.74, 6) is 0. The standard InChI is InChI=1S/C5H12N2O/c1-3-7-4-5-8-6-2/h3,6H,4-5H2,1-2H3/b7-3+. The molecule has 0 aliphatic rings. The Labute approximate surface area is 49.7 Å². The molecule has 3 heteroatoms. The molecule has 0 aliphatic carbocycles. The molecule has 48 valence electrons. The molecule has 0 bridgehead atoms. The van der Waals surface area contributed by atoms with Crippen molar-refractivity contribution in [2.75, 3.05) is 20.2 Å². The van der Waals surface area contributed by atoms with Gasteiger partial charge in [0.25, 0.3) is 0 Å². The van der Waals surface area contributed by atoms with Gasteiger partial charge in [-0.05, 0) is 13.1 Å². The minimum atomic E-state index is 0.640. The van der Waals surface area contributed by atoms with Gasteiger partial charge in [0, 0.05) is 7.05 Å². The Kier molecular flexibility index (Phi) is 6.25. The van der Waals surface area contributed by atoms with Crippen LogP contribution in [0, 0.1) is 0 Å². The lowest BCUT2D eigenvalue weighted by Gasteiger charge is -1.94. The SMILES string of the molecule is C/C=N/CCONC. The van der Waals surface area contributed by atoms with Crippen LogP contribution in [0.25, 0.3) is 0 Å². The molecule has 0 atom stereocenters. The quantitative estimate of drug-likeness (QED) is 0.324. The molecule has 0 aromatic heterocycles. The minimum Gasteiger partial charge on any atom is -0.300 e. The number of hydrogen-bond acceptors (Lipinski definition) is 3. The molecule has 0 aromatic rings. The lowest BCUT2D eigenvalue weighted by atomic mass is 10.7. The molecule has 0 heterocycles. The number of hydrogen-bond donors (Lipinski definition) is 1. The van der Waals surface area contributed by atoms with Crippen molar-refractivity contribution in [3.05, 3.63) is 0 Å². The molecule has 0 saturated heterocycles. The Morgan fingerprint density at radius 1 is 1.75 bits per heavy atom. The summed E-state index contributed by atoms with van der Waals surface area (Å²) in [6, 6.07) is 0. The molecule has 3 nitrogen and oxygen atoms in total. The van der Waals surface area contributed by atoms with Crippen LogP contribution in [0.5, 0.6) is 0 Å². The van der Waals surface area contributed by atoms with E-state index in [0.29, 0.717) is 6.61 Å². The van der Waals surface area contributed by atoms with E-state index in [9.17, 15) is 0 Å². The number of rotatable bonds is 4. The van der Waals surface area contributed by atoms with E-state index in [1.165, 1.54) is 0 Å². The molecule has 0 saturated carbocycles. The van der Waals surface area contributed by atoms with Crippen molar-refractivity contribution in [3.63, 3.8) is 0 Å². The van der Waals surface area contributed by atoms with Crippen LogP contribution in [-0.4, -0.2) is 26.4 Å². The molecule has 8 heavy (non-hydrogen) atoms. The maximum atomic E-state index is 4.77. The fraction of sp³-hybridized carbons (Fsp3) is 0.800. The zero-order valence-corrected chi connectivity index (χ0v) is 5.35. The molecule has 0 unspecified atom stereocenters. The molecular weight excluding hydrogens is 104 g/mol. The third kappa shape index (κ3) is 5.59. The minimum absolute atomic E-state index is 0.640. The van der Waals surface area contributed by atoms with Crippen molar-refractivity contribution in [3.8, 4) is 0 Å². The van der Waals surface area contributed by atoms with E-state index in [0.717, 1.165) is 6.54 Å². The van der Waals surface area contributed by atoms with Crippen LogP contribution in [0.2, 0.25) is 0 Å². The highest BCUT2D eigenvalue weighted by Gasteiger charge is 1.76. The number of nitrogens with one attached hydrogen (secondary N) is 1. The second kappa shape index (κ2) is 6.59. The lowest BCUT2D eigenvalue weighted by Crippen LogP contribution is -2.09. The fourth-order valence-corrected chi connectivity index (χ4v) is 0.330. The van der Waals surface area contributed by atoms with Gasteiger partial charge >= 0.3 is 0 Å². The van der Waals surface area contributed by atoms with Gasteiger partial charge < -0.3 is 4.84 Å².